The number of aryl methyl sites for hydroxylation is 2. The molecular formula is C32H30N8O3. The number of benzene rings is 3. The molecule has 5 rings (SSSR count). The lowest BCUT2D eigenvalue weighted by Crippen LogP contribution is -2.29. The predicted molar refractivity (Wildman–Crippen MR) is 165 cm³/mol. The van der Waals surface area contributed by atoms with E-state index in [1.54, 1.807) is 16.7 Å². The molecule has 2 heterocycles. The second-order valence-electron chi connectivity index (χ2n) is 9.85. The molecule has 0 aliphatic rings. The van der Waals surface area contributed by atoms with Crippen molar-refractivity contribution in [2.75, 3.05) is 23.9 Å². The van der Waals surface area contributed by atoms with Crippen LogP contribution >= 0.6 is 0 Å². The van der Waals surface area contributed by atoms with E-state index in [9.17, 15) is 14.9 Å². The fourth-order valence-electron chi connectivity index (χ4n) is 5.01. The molecule has 2 aromatic heterocycles. The summed E-state index contributed by atoms with van der Waals surface area (Å²) in [7, 11) is 1.35. The monoisotopic (exact) mass is 574 g/mol. The molecule has 43 heavy (non-hydrogen) atoms. The van der Waals surface area contributed by atoms with Crippen LogP contribution in [0.15, 0.2) is 77.6 Å². The third-order valence-corrected chi connectivity index (χ3v) is 7.18. The van der Waals surface area contributed by atoms with E-state index in [-0.39, 0.29) is 34.7 Å². The normalized spacial score (nSPS) is 11.6. The Bertz CT molecular complexity index is 1900. The number of aromatic nitrogens is 4. The van der Waals surface area contributed by atoms with Gasteiger partial charge in [-0.1, -0.05) is 49.4 Å². The molecule has 0 aliphatic carbocycles. The maximum Gasteiger partial charge on any atom is 0.337 e. The highest BCUT2D eigenvalue weighted by Gasteiger charge is 2.23. The molecule has 0 radical (unpaired) electrons. The molecule has 0 saturated heterocycles. The first-order chi connectivity index (χ1) is 20.8. The molecular weight excluding hydrogens is 544 g/mol. The molecule has 216 valence electrons. The van der Waals surface area contributed by atoms with Gasteiger partial charge in [0.1, 0.15) is 23.3 Å². The summed E-state index contributed by atoms with van der Waals surface area (Å²) < 4.78 is 6.38. The largest absolute Gasteiger partial charge is 0.465 e. The summed E-state index contributed by atoms with van der Waals surface area (Å²) in [5, 5.41) is 13.5. The zero-order chi connectivity index (χ0) is 30.5. The van der Waals surface area contributed by atoms with Crippen molar-refractivity contribution < 1.29 is 9.53 Å². The fraction of sp³-hybridized carbons (Fsp3) is 0.188. The molecule has 5 N–H and O–H groups in total. The Balaban J connectivity index is 1.60. The number of carbonyl (C=O) groups is 1. The minimum absolute atomic E-state index is 0.0381. The number of methoxy groups -OCH3 is 1. The Kier molecular flexibility index (Phi) is 8.29. The maximum atomic E-state index is 14.4. The van der Waals surface area contributed by atoms with E-state index in [1.165, 1.54) is 7.11 Å². The van der Waals surface area contributed by atoms with Crippen LogP contribution in [-0.2, 0) is 17.6 Å². The molecule has 0 unspecified atom stereocenters. The lowest BCUT2D eigenvalue weighted by Gasteiger charge is -2.23. The Morgan fingerprint density at radius 2 is 1.74 bits per heavy atom. The number of anilines is 3. The topological polar surface area (TPSA) is 175 Å². The number of nitrogens with zero attached hydrogens (tertiary/aromatic N) is 5. The van der Waals surface area contributed by atoms with Gasteiger partial charge in [0.05, 0.1) is 35.3 Å². The number of esters is 1. The highest BCUT2D eigenvalue weighted by atomic mass is 16.5. The van der Waals surface area contributed by atoms with Crippen LogP contribution in [-0.4, -0.2) is 32.6 Å². The lowest BCUT2D eigenvalue weighted by atomic mass is 10.00. The molecule has 0 fully saturated rings. The Labute approximate surface area is 247 Å². The highest BCUT2D eigenvalue weighted by Crippen LogP contribution is 2.28. The van der Waals surface area contributed by atoms with E-state index >= 15 is 0 Å². The van der Waals surface area contributed by atoms with Gasteiger partial charge in [0.15, 0.2) is 5.82 Å². The van der Waals surface area contributed by atoms with Crippen molar-refractivity contribution in [1.82, 2.24) is 19.5 Å². The number of fused-ring (bicyclic) bond motifs is 1. The number of carbonyl (C=O) groups excluding carboxylic acids is 1. The van der Waals surface area contributed by atoms with Gasteiger partial charge in [0, 0.05) is 0 Å². The number of nitriles is 1. The van der Waals surface area contributed by atoms with Gasteiger partial charge in [-0.3, -0.25) is 9.36 Å². The second-order valence-corrected chi connectivity index (χ2v) is 9.85. The molecule has 0 spiro atoms. The highest BCUT2D eigenvalue weighted by molar-refractivity contribution is 5.89. The number of hydrogen-bond acceptors (Lipinski definition) is 10. The van der Waals surface area contributed by atoms with Crippen LogP contribution in [0, 0.1) is 11.3 Å². The standard InChI is InChI=1S/C32H30N8O3/c1-3-24(36-28-23(18-33)27(34)38-32(35)39-28)29-37-25-11-7-8-20(15-12-19-13-16-21(17-14-19)31(42)43-2)26(25)30(41)40(29)22-9-5-4-6-10-22/h4-11,13-14,16-17,24H,3,12,15H2,1-2H3,(H5,34,35,36,38,39)/t24-/m0/s1. The lowest BCUT2D eigenvalue weighted by molar-refractivity contribution is 0.0600. The minimum Gasteiger partial charge on any atom is -0.465 e. The van der Waals surface area contributed by atoms with Crippen LogP contribution in [0.2, 0.25) is 0 Å². The van der Waals surface area contributed by atoms with Crippen LogP contribution in [0.25, 0.3) is 16.6 Å². The molecule has 5 aromatic rings. The quantitative estimate of drug-likeness (QED) is 0.215. The van der Waals surface area contributed by atoms with E-state index in [0.717, 1.165) is 11.1 Å². The van der Waals surface area contributed by atoms with Crippen LogP contribution < -0.4 is 22.3 Å². The summed E-state index contributed by atoms with van der Waals surface area (Å²) in [6.45, 7) is 1.94. The summed E-state index contributed by atoms with van der Waals surface area (Å²) in [4.78, 5) is 39.2. The van der Waals surface area contributed by atoms with Crippen molar-refractivity contribution in [2.45, 2.75) is 32.2 Å². The zero-order valence-electron chi connectivity index (χ0n) is 23.7. The van der Waals surface area contributed by atoms with Crippen molar-refractivity contribution in [3.8, 4) is 11.8 Å². The average Bonchev–Trinajstić information content (AvgIpc) is 3.02. The zero-order valence-corrected chi connectivity index (χ0v) is 23.7. The minimum atomic E-state index is -0.532. The second kappa shape index (κ2) is 12.4. The number of nitrogen functional groups attached to an aromatic ring is 2. The third kappa shape index (κ3) is 5.85. The molecule has 1 atom stereocenters. The van der Waals surface area contributed by atoms with Crippen LogP contribution in [0.3, 0.4) is 0 Å². The SMILES string of the molecule is CC[C@H](Nc1nc(N)nc(N)c1C#N)c1nc2cccc(CCc3ccc(C(=O)OC)cc3)c2c(=O)n1-c1ccccc1. The number of rotatable bonds is 9. The summed E-state index contributed by atoms with van der Waals surface area (Å²) in [5.41, 5.74) is 15.2. The molecule has 0 amide bonds. The van der Waals surface area contributed by atoms with Gasteiger partial charge in [0.25, 0.3) is 5.56 Å². The van der Waals surface area contributed by atoms with Crippen molar-refractivity contribution in [3.05, 3.63) is 111 Å². The van der Waals surface area contributed by atoms with Gasteiger partial charge in [-0.15, -0.1) is 0 Å². The van der Waals surface area contributed by atoms with Gasteiger partial charge in [0.2, 0.25) is 5.95 Å². The molecule has 0 bridgehead atoms. The predicted octanol–water partition coefficient (Wildman–Crippen LogP) is 4.35. The Morgan fingerprint density at radius 1 is 1.00 bits per heavy atom. The number of nitrogens with one attached hydrogen (secondary N) is 1. The number of hydrogen-bond donors (Lipinski definition) is 3. The maximum absolute atomic E-state index is 14.4. The summed E-state index contributed by atoms with van der Waals surface area (Å²) in [6, 6.07) is 23.6. The smallest absolute Gasteiger partial charge is 0.337 e. The van der Waals surface area contributed by atoms with Gasteiger partial charge in [-0.2, -0.15) is 15.2 Å². The average molecular weight is 575 g/mol. The van der Waals surface area contributed by atoms with E-state index < -0.39 is 6.04 Å². The van der Waals surface area contributed by atoms with E-state index in [0.29, 0.717) is 47.2 Å². The van der Waals surface area contributed by atoms with Crippen LogP contribution in [0.4, 0.5) is 17.6 Å². The van der Waals surface area contributed by atoms with Gasteiger partial charge < -0.3 is 21.5 Å². The van der Waals surface area contributed by atoms with E-state index in [2.05, 4.69) is 15.3 Å². The number of nitrogens with two attached hydrogens (primary N) is 2. The van der Waals surface area contributed by atoms with Gasteiger partial charge in [-0.25, -0.2) is 9.78 Å². The molecule has 11 nitrogen and oxygen atoms in total. The molecule has 0 saturated carbocycles. The van der Waals surface area contributed by atoms with Crippen molar-refractivity contribution >= 4 is 34.5 Å². The Hall–Kier alpha value is -5.76. The molecule has 11 heteroatoms. The van der Waals surface area contributed by atoms with Crippen LogP contribution in [0.1, 0.15) is 52.3 Å². The van der Waals surface area contributed by atoms with Crippen LogP contribution in [0.5, 0.6) is 0 Å². The van der Waals surface area contributed by atoms with E-state index in [4.69, 9.17) is 21.2 Å². The van der Waals surface area contributed by atoms with Gasteiger partial charge in [-0.05, 0) is 60.7 Å². The molecule has 3 aromatic carbocycles. The van der Waals surface area contributed by atoms with Crippen molar-refractivity contribution in [1.29, 1.82) is 5.26 Å². The molecule has 0 aliphatic heterocycles. The van der Waals surface area contributed by atoms with Gasteiger partial charge >= 0.3 is 5.97 Å². The first-order valence-corrected chi connectivity index (χ1v) is 13.7. The van der Waals surface area contributed by atoms with E-state index in [1.807, 2.05) is 73.7 Å². The summed E-state index contributed by atoms with van der Waals surface area (Å²) >= 11 is 0. The third-order valence-electron chi connectivity index (χ3n) is 7.18. The summed E-state index contributed by atoms with van der Waals surface area (Å²) in [6.07, 6.45) is 1.74. The number of para-hydroxylation sites is 1. The first kappa shape index (κ1) is 28.8. The summed E-state index contributed by atoms with van der Waals surface area (Å²) in [5.74, 6) is 0.107. The van der Waals surface area contributed by atoms with Crippen molar-refractivity contribution in [3.63, 3.8) is 0 Å². The fourth-order valence-corrected chi connectivity index (χ4v) is 5.01. The number of ether oxygens (including phenoxy) is 1. The van der Waals surface area contributed by atoms with Crippen molar-refractivity contribution in [2.24, 2.45) is 0 Å². The Morgan fingerprint density at radius 3 is 2.42 bits per heavy atom. The first-order valence-electron chi connectivity index (χ1n) is 13.7.